The number of hydrogen-bond acceptors (Lipinski definition) is 2. The first kappa shape index (κ1) is 16.0. The molecule has 3 nitrogen and oxygen atoms in total. The Morgan fingerprint density at radius 1 is 1.17 bits per heavy atom. The molecule has 1 fully saturated rings. The highest BCUT2D eigenvalue weighted by Gasteiger charge is 2.29. The maximum Gasteiger partial charge on any atom is 0.253 e. The number of piperidine rings is 1. The van der Waals surface area contributed by atoms with Gasteiger partial charge < -0.3 is 10.0 Å². The minimum atomic E-state index is -0.597. The highest BCUT2D eigenvalue weighted by atomic mass is 35.5. The summed E-state index contributed by atoms with van der Waals surface area (Å²) in [6, 6.07) is 16.6. The van der Waals surface area contributed by atoms with E-state index in [0.29, 0.717) is 17.1 Å². The quantitative estimate of drug-likeness (QED) is 0.927. The van der Waals surface area contributed by atoms with E-state index in [0.717, 1.165) is 24.9 Å². The number of amides is 1. The van der Waals surface area contributed by atoms with Gasteiger partial charge in [-0.2, -0.15) is 0 Å². The zero-order valence-electron chi connectivity index (χ0n) is 12.9. The Morgan fingerprint density at radius 2 is 1.96 bits per heavy atom. The number of likely N-dealkylation sites (tertiary alicyclic amines) is 1. The standard InChI is InChI=1S/C19H20ClNO2/c20-17-10-4-8-15(12-17)18(22)16-9-5-11-21(13-16)19(23)14-6-2-1-3-7-14/h1-4,6-8,10,12,16,18,22H,5,9,11,13H2. The van der Waals surface area contributed by atoms with Gasteiger partial charge in [0.05, 0.1) is 6.10 Å². The van der Waals surface area contributed by atoms with E-state index in [9.17, 15) is 9.90 Å². The van der Waals surface area contributed by atoms with E-state index in [2.05, 4.69) is 0 Å². The summed E-state index contributed by atoms with van der Waals surface area (Å²) in [6.07, 6.45) is 1.22. The van der Waals surface area contributed by atoms with Crippen LogP contribution in [0, 0.1) is 5.92 Å². The van der Waals surface area contributed by atoms with E-state index in [1.54, 1.807) is 12.1 Å². The molecule has 2 aromatic rings. The van der Waals surface area contributed by atoms with Crippen LogP contribution in [0.1, 0.15) is 34.9 Å². The largest absolute Gasteiger partial charge is 0.388 e. The van der Waals surface area contributed by atoms with Crippen LogP contribution < -0.4 is 0 Å². The van der Waals surface area contributed by atoms with E-state index in [1.165, 1.54) is 0 Å². The van der Waals surface area contributed by atoms with E-state index in [4.69, 9.17) is 11.6 Å². The minimum absolute atomic E-state index is 0.0357. The second kappa shape index (κ2) is 7.16. The average molecular weight is 330 g/mol. The molecule has 3 rings (SSSR count). The van der Waals surface area contributed by atoms with Gasteiger partial charge >= 0.3 is 0 Å². The predicted octanol–water partition coefficient (Wildman–Crippen LogP) is 3.93. The number of halogens is 1. The fraction of sp³-hybridized carbons (Fsp3) is 0.316. The van der Waals surface area contributed by atoms with Gasteiger partial charge in [0, 0.05) is 29.6 Å². The van der Waals surface area contributed by atoms with Crippen molar-refractivity contribution in [3.63, 3.8) is 0 Å². The van der Waals surface area contributed by atoms with Crippen LogP contribution in [0.25, 0.3) is 0 Å². The van der Waals surface area contributed by atoms with Crippen LogP contribution in [0.2, 0.25) is 5.02 Å². The molecule has 0 saturated carbocycles. The van der Waals surface area contributed by atoms with Gasteiger partial charge in [0.15, 0.2) is 0 Å². The van der Waals surface area contributed by atoms with Gasteiger partial charge in [0.2, 0.25) is 0 Å². The van der Waals surface area contributed by atoms with Crippen molar-refractivity contribution in [3.8, 4) is 0 Å². The zero-order valence-corrected chi connectivity index (χ0v) is 13.6. The summed E-state index contributed by atoms with van der Waals surface area (Å²) in [5.74, 6) is 0.0727. The molecule has 23 heavy (non-hydrogen) atoms. The van der Waals surface area contributed by atoms with Crippen molar-refractivity contribution in [1.29, 1.82) is 0 Å². The molecule has 2 atom stereocenters. The highest BCUT2D eigenvalue weighted by Crippen LogP contribution is 2.31. The molecule has 1 N–H and O–H groups in total. The van der Waals surface area contributed by atoms with Crippen molar-refractivity contribution in [2.45, 2.75) is 18.9 Å². The topological polar surface area (TPSA) is 40.5 Å². The summed E-state index contributed by atoms with van der Waals surface area (Å²) >= 11 is 6.01. The molecule has 4 heteroatoms. The molecule has 1 saturated heterocycles. The Hall–Kier alpha value is -1.84. The van der Waals surface area contributed by atoms with Gasteiger partial charge in [0.25, 0.3) is 5.91 Å². The molecule has 1 amide bonds. The van der Waals surface area contributed by atoms with Crippen LogP contribution in [0.4, 0.5) is 0 Å². The molecule has 2 aromatic carbocycles. The number of aliphatic hydroxyl groups excluding tert-OH is 1. The second-order valence-electron chi connectivity index (χ2n) is 6.02. The monoisotopic (exact) mass is 329 g/mol. The maximum atomic E-state index is 12.6. The van der Waals surface area contributed by atoms with Crippen molar-refractivity contribution >= 4 is 17.5 Å². The van der Waals surface area contributed by atoms with Gasteiger partial charge in [-0.3, -0.25) is 4.79 Å². The van der Waals surface area contributed by atoms with Crippen molar-refractivity contribution in [3.05, 3.63) is 70.7 Å². The fourth-order valence-corrected chi connectivity index (χ4v) is 3.38. The number of nitrogens with zero attached hydrogens (tertiary/aromatic N) is 1. The smallest absolute Gasteiger partial charge is 0.253 e. The number of hydrogen-bond donors (Lipinski definition) is 1. The summed E-state index contributed by atoms with van der Waals surface area (Å²) in [4.78, 5) is 14.4. The summed E-state index contributed by atoms with van der Waals surface area (Å²) in [6.45, 7) is 1.31. The lowest BCUT2D eigenvalue weighted by molar-refractivity contribution is 0.0401. The molecule has 1 aliphatic heterocycles. The SMILES string of the molecule is O=C(c1ccccc1)N1CCCC(C(O)c2cccc(Cl)c2)C1. The number of aliphatic hydroxyl groups is 1. The molecule has 0 spiro atoms. The van der Waals surface area contributed by atoms with Gasteiger partial charge in [-0.15, -0.1) is 0 Å². The van der Waals surface area contributed by atoms with E-state index >= 15 is 0 Å². The molecular formula is C19H20ClNO2. The van der Waals surface area contributed by atoms with Crippen LogP contribution in [-0.4, -0.2) is 29.0 Å². The van der Waals surface area contributed by atoms with E-state index < -0.39 is 6.10 Å². The maximum absolute atomic E-state index is 12.6. The first-order valence-corrected chi connectivity index (χ1v) is 8.31. The van der Waals surface area contributed by atoms with Crippen LogP contribution in [0.5, 0.6) is 0 Å². The summed E-state index contributed by atoms with van der Waals surface area (Å²) in [5.41, 5.74) is 1.52. The van der Waals surface area contributed by atoms with Crippen molar-refractivity contribution in [1.82, 2.24) is 4.90 Å². The third kappa shape index (κ3) is 3.74. The van der Waals surface area contributed by atoms with Crippen LogP contribution in [0.15, 0.2) is 54.6 Å². The fourth-order valence-electron chi connectivity index (χ4n) is 3.18. The Morgan fingerprint density at radius 3 is 2.70 bits per heavy atom. The first-order chi connectivity index (χ1) is 11.1. The summed E-state index contributed by atoms with van der Waals surface area (Å²) < 4.78 is 0. The van der Waals surface area contributed by atoms with Crippen LogP contribution in [0.3, 0.4) is 0 Å². The molecule has 2 unspecified atom stereocenters. The third-order valence-corrected chi connectivity index (χ3v) is 4.64. The predicted molar refractivity (Wildman–Crippen MR) is 91.5 cm³/mol. The third-order valence-electron chi connectivity index (χ3n) is 4.40. The lowest BCUT2D eigenvalue weighted by Gasteiger charge is -2.35. The van der Waals surface area contributed by atoms with Crippen molar-refractivity contribution in [2.24, 2.45) is 5.92 Å². The molecule has 1 aliphatic rings. The average Bonchev–Trinajstić information content (AvgIpc) is 2.61. The second-order valence-corrected chi connectivity index (χ2v) is 6.46. The first-order valence-electron chi connectivity index (χ1n) is 7.93. The van der Waals surface area contributed by atoms with E-state index in [1.807, 2.05) is 47.4 Å². The molecule has 120 valence electrons. The van der Waals surface area contributed by atoms with Crippen molar-refractivity contribution < 1.29 is 9.90 Å². The van der Waals surface area contributed by atoms with Gasteiger partial charge in [-0.1, -0.05) is 41.9 Å². The van der Waals surface area contributed by atoms with Gasteiger partial charge in [-0.25, -0.2) is 0 Å². The number of benzene rings is 2. The Labute approximate surface area is 141 Å². The Balaban J connectivity index is 1.72. The lowest BCUT2D eigenvalue weighted by Crippen LogP contribution is -2.41. The lowest BCUT2D eigenvalue weighted by atomic mass is 9.88. The normalized spacial score (nSPS) is 19.4. The summed E-state index contributed by atoms with van der Waals surface area (Å²) in [5, 5.41) is 11.3. The number of carbonyl (C=O) groups excluding carboxylic acids is 1. The number of carbonyl (C=O) groups is 1. The molecule has 1 heterocycles. The van der Waals surface area contributed by atoms with Crippen LogP contribution >= 0.6 is 11.6 Å². The molecule has 0 radical (unpaired) electrons. The van der Waals surface area contributed by atoms with E-state index in [-0.39, 0.29) is 11.8 Å². The zero-order chi connectivity index (χ0) is 16.2. The molecule has 0 aliphatic carbocycles. The minimum Gasteiger partial charge on any atom is -0.388 e. The van der Waals surface area contributed by atoms with Gasteiger partial charge in [0.1, 0.15) is 0 Å². The Kier molecular flexibility index (Phi) is 4.99. The molecule has 0 aromatic heterocycles. The van der Waals surface area contributed by atoms with Crippen molar-refractivity contribution in [2.75, 3.05) is 13.1 Å². The van der Waals surface area contributed by atoms with Crippen LogP contribution in [-0.2, 0) is 0 Å². The number of rotatable bonds is 3. The highest BCUT2D eigenvalue weighted by molar-refractivity contribution is 6.30. The molecular weight excluding hydrogens is 310 g/mol. The van der Waals surface area contributed by atoms with Gasteiger partial charge in [-0.05, 0) is 42.7 Å². The molecule has 0 bridgehead atoms. The summed E-state index contributed by atoms with van der Waals surface area (Å²) in [7, 11) is 0. The Bertz CT molecular complexity index is 674.